The molecule has 1 amide bonds. The van der Waals surface area contributed by atoms with Gasteiger partial charge in [-0.25, -0.2) is 4.39 Å². The summed E-state index contributed by atoms with van der Waals surface area (Å²) in [5.74, 6) is -0.555. The standard InChI is InChI=1S/C14H14FN3O/c1-16-14(19)13-9-6-8(15)2-3-11(9)18-12-4-5-17-7-10(12)13/h2-3,6,17H,4-5,7H2,1H3,(H,16,19). The van der Waals surface area contributed by atoms with Crippen LogP contribution in [0, 0.1) is 5.82 Å². The maximum atomic E-state index is 13.4. The van der Waals surface area contributed by atoms with Crippen molar-refractivity contribution in [3.63, 3.8) is 0 Å². The molecular weight excluding hydrogens is 245 g/mol. The van der Waals surface area contributed by atoms with Gasteiger partial charge in [0.15, 0.2) is 0 Å². The Morgan fingerprint density at radius 1 is 1.47 bits per heavy atom. The lowest BCUT2D eigenvalue weighted by Gasteiger charge is -2.20. The van der Waals surface area contributed by atoms with Crippen LogP contribution in [-0.4, -0.2) is 24.5 Å². The number of nitrogens with zero attached hydrogens (tertiary/aromatic N) is 1. The van der Waals surface area contributed by atoms with Crippen LogP contribution in [0.15, 0.2) is 18.2 Å². The van der Waals surface area contributed by atoms with Gasteiger partial charge in [-0.1, -0.05) is 0 Å². The summed E-state index contributed by atoms with van der Waals surface area (Å²) in [6.45, 7) is 1.44. The fourth-order valence-electron chi connectivity index (χ4n) is 2.53. The fourth-order valence-corrected chi connectivity index (χ4v) is 2.53. The van der Waals surface area contributed by atoms with E-state index in [4.69, 9.17) is 0 Å². The Balaban J connectivity index is 2.37. The van der Waals surface area contributed by atoms with Gasteiger partial charge in [0.1, 0.15) is 5.82 Å². The van der Waals surface area contributed by atoms with Gasteiger partial charge < -0.3 is 10.6 Å². The first kappa shape index (κ1) is 12.0. The zero-order valence-electron chi connectivity index (χ0n) is 10.6. The Hall–Kier alpha value is -2.01. The largest absolute Gasteiger partial charge is 0.355 e. The lowest BCUT2D eigenvalue weighted by molar-refractivity contribution is 0.0963. The second kappa shape index (κ2) is 4.59. The molecule has 1 aromatic heterocycles. The number of nitrogens with one attached hydrogen (secondary N) is 2. The molecule has 4 nitrogen and oxygen atoms in total. The molecule has 0 aliphatic carbocycles. The number of fused-ring (bicyclic) bond motifs is 2. The second-order valence-corrected chi connectivity index (χ2v) is 4.58. The third-order valence-electron chi connectivity index (χ3n) is 3.43. The molecule has 0 atom stereocenters. The zero-order chi connectivity index (χ0) is 13.4. The number of pyridine rings is 1. The summed E-state index contributed by atoms with van der Waals surface area (Å²) in [6.07, 6.45) is 0.784. The Labute approximate surface area is 110 Å². The van der Waals surface area contributed by atoms with Crippen LogP contribution >= 0.6 is 0 Å². The monoisotopic (exact) mass is 259 g/mol. The van der Waals surface area contributed by atoms with Crippen LogP contribution in [-0.2, 0) is 13.0 Å². The van der Waals surface area contributed by atoms with Crippen molar-refractivity contribution in [2.45, 2.75) is 13.0 Å². The predicted molar refractivity (Wildman–Crippen MR) is 70.5 cm³/mol. The number of carbonyl (C=O) groups is 1. The maximum absolute atomic E-state index is 13.4. The van der Waals surface area contributed by atoms with Crippen LogP contribution < -0.4 is 10.6 Å². The van der Waals surface area contributed by atoms with E-state index in [0.717, 1.165) is 24.2 Å². The van der Waals surface area contributed by atoms with Crippen LogP contribution in [0.2, 0.25) is 0 Å². The average molecular weight is 259 g/mol. The van der Waals surface area contributed by atoms with Gasteiger partial charge in [0, 0.05) is 43.2 Å². The molecule has 3 rings (SSSR count). The summed E-state index contributed by atoms with van der Waals surface area (Å²) in [6, 6.07) is 4.37. The highest BCUT2D eigenvalue weighted by Gasteiger charge is 2.21. The van der Waals surface area contributed by atoms with Crippen molar-refractivity contribution < 1.29 is 9.18 Å². The molecule has 98 valence electrons. The van der Waals surface area contributed by atoms with Gasteiger partial charge in [-0.2, -0.15) is 0 Å². The third-order valence-corrected chi connectivity index (χ3v) is 3.43. The zero-order valence-corrected chi connectivity index (χ0v) is 10.6. The van der Waals surface area contributed by atoms with Crippen molar-refractivity contribution in [1.29, 1.82) is 0 Å². The molecule has 1 aromatic carbocycles. The second-order valence-electron chi connectivity index (χ2n) is 4.58. The molecule has 1 aliphatic rings. The highest BCUT2D eigenvalue weighted by Crippen LogP contribution is 2.26. The van der Waals surface area contributed by atoms with E-state index < -0.39 is 0 Å². The fraction of sp³-hybridized carbons (Fsp3) is 0.286. The van der Waals surface area contributed by atoms with E-state index in [-0.39, 0.29) is 11.7 Å². The van der Waals surface area contributed by atoms with Crippen LogP contribution in [0.25, 0.3) is 10.9 Å². The van der Waals surface area contributed by atoms with Gasteiger partial charge in [0.2, 0.25) is 0 Å². The Morgan fingerprint density at radius 3 is 3.11 bits per heavy atom. The van der Waals surface area contributed by atoms with E-state index in [0.29, 0.717) is 23.0 Å². The van der Waals surface area contributed by atoms with Crippen molar-refractivity contribution in [2.24, 2.45) is 0 Å². The summed E-state index contributed by atoms with van der Waals surface area (Å²) in [7, 11) is 1.58. The van der Waals surface area contributed by atoms with Crippen molar-refractivity contribution in [2.75, 3.05) is 13.6 Å². The number of hydrogen-bond acceptors (Lipinski definition) is 3. The Kier molecular flexibility index (Phi) is 2.91. The van der Waals surface area contributed by atoms with Crippen LogP contribution in [0.4, 0.5) is 4.39 Å². The molecule has 0 unspecified atom stereocenters. The highest BCUT2D eigenvalue weighted by molar-refractivity contribution is 6.07. The number of benzene rings is 1. The maximum Gasteiger partial charge on any atom is 0.252 e. The first-order chi connectivity index (χ1) is 9.20. The molecule has 0 saturated heterocycles. The summed E-state index contributed by atoms with van der Waals surface area (Å²) in [4.78, 5) is 16.7. The SMILES string of the molecule is CNC(=O)c1c2c(nc3ccc(F)cc13)CCNC2. The molecule has 0 fully saturated rings. The smallest absolute Gasteiger partial charge is 0.252 e. The molecule has 5 heteroatoms. The van der Waals surface area contributed by atoms with Crippen molar-refractivity contribution in [3.05, 3.63) is 40.8 Å². The van der Waals surface area contributed by atoms with Gasteiger partial charge in [0.05, 0.1) is 11.1 Å². The molecule has 19 heavy (non-hydrogen) atoms. The van der Waals surface area contributed by atoms with E-state index in [2.05, 4.69) is 15.6 Å². The number of rotatable bonds is 1. The number of carbonyl (C=O) groups excluding carboxylic acids is 1. The van der Waals surface area contributed by atoms with Crippen LogP contribution in [0.5, 0.6) is 0 Å². The minimum atomic E-state index is -0.358. The van der Waals surface area contributed by atoms with E-state index in [1.807, 2.05) is 0 Å². The van der Waals surface area contributed by atoms with Gasteiger partial charge in [-0.05, 0) is 18.2 Å². The van der Waals surface area contributed by atoms with Gasteiger partial charge in [-0.3, -0.25) is 9.78 Å². The topological polar surface area (TPSA) is 54.0 Å². The summed E-state index contributed by atoms with van der Waals surface area (Å²) in [5.41, 5.74) is 3.01. The number of halogens is 1. The summed E-state index contributed by atoms with van der Waals surface area (Å²) < 4.78 is 13.4. The molecule has 2 heterocycles. The molecule has 0 spiro atoms. The van der Waals surface area contributed by atoms with Crippen LogP contribution in [0.1, 0.15) is 21.6 Å². The van der Waals surface area contributed by atoms with E-state index in [9.17, 15) is 9.18 Å². The lowest BCUT2D eigenvalue weighted by atomic mass is 9.96. The van der Waals surface area contributed by atoms with Gasteiger partial charge in [-0.15, -0.1) is 0 Å². The predicted octanol–water partition coefficient (Wildman–Crippen LogP) is 1.38. The summed E-state index contributed by atoms with van der Waals surface area (Å²) >= 11 is 0. The van der Waals surface area contributed by atoms with E-state index in [1.54, 1.807) is 13.1 Å². The first-order valence-corrected chi connectivity index (χ1v) is 6.24. The van der Waals surface area contributed by atoms with Crippen molar-refractivity contribution >= 4 is 16.8 Å². The normalized spacial score (nSPS) is 14.2. The average Bonchev–Trinajstić information content (AvgIpc) is 2.44. The van der Waals surface area contributed by atoms with Crippen LogP contribution in [0.3, 0.4) is 0 Å². The third kappa shape index (κ3) is 1.96. The van der Waals surface area contributed by atoms with Crippen molar-refractivity contribution in [1.82, 2.24) is 15.6 Å². The number of amides is 1. The molecular formula is C14H14FN3O. The lowest BCUT2D eigenvalue weighted by Crippen LogP contribution is -2.29. The Bertz CT molecular complexity index is 669. The first-order valence-electron chi connectivity index (χ1n) is 6.24. The van der Waals surface area contributed by atoms with E-state index >= 15 is 0 Å². The molecule has 0 saturated carbocycles. The molecule has 2 N–H and O–H groups in total. The molecule has 0 bridgehead atoms. The highest BCUT2D eigenvalue weighted by atomic mass is 19.1. The van der Waals surface area contributed by atoms with Gasteiger partial charge >= 0.3 is 0 Å². The van der Waals surface area contributed by atoms with E-state index in [1.165, 1.54) is 12.1 Å². The number of aromatic nitrogens is 1. The summed E-state index contributed by atoms with van der Waals surface area (Å²) in [5, 5.41) is 6.42. The number of hydrogen-bond donors (Lipinski definition) is 2. The minimum Gasteiger partial charge on any atom is -0.355 e. The quantitative estimate of drug-likeness (QED) is 0.813. The molecule has 2 aromatic rings. The van der Waals surface area contributed by atoms with Crippen molar-refractivity contribution in [3.8, 4) is 0 Å². The molecule has 1 aliphatic heterocycles. The minimum absolute atomic E-state index is 0.196. The molecule has 0 radical (unpaired) electrons. The van der Waals surface area contributed by atoms with Gasteiger partial charge in [0.25, 0.3) is 5.91 Å². The Morgan fingerprint density at radius 2 is 2.32 bits per heavy atom.